The van der Waals surface area contributed by atoms with E-state index in [0.717, 1.165) is 5.57 Å². The molecule has 0 saturated heterocycles. The van der Waals surface area contributed by atoms with Crippen LogP contribution in [-0.2, 0) is 19.1 Å². The normalized spacial score (nSPS) is 18.5. The summed E-state index contributed by atoms with van der Waals surface area (Å²) >= 11 is 0. The molecule has 0 bridgehead atoms. The molecule has 0 aromatic heterocycles. The molecule has 3 atom stereocenters. The molecule has 4 nitrogen and oxygen atoms in total. The minimum absolute atomic E-state index is 0.0491. The molecule has 0 radical (unpaired) electrons. The van der Waals surface area contributed by atoms with Crippen molar-refractivity contribution in [2.45, 2.75) is 58.7 Å². The van der Waals surface area contributed by atoms with Crippen LogP contribution in [0.25, 0.3) is 0 Å². The number of carbonyl (C=O) groups excluding carboxylic acids is 1. The molecule has 0 aliphatic heterocycles. The van der Waals surface area contributed by atoms with Gasteiger partial charge in [0.15, 0.2) is 18.2 Å². The van der Waals surface area contributed by atoms with E-state index in [1.807, 2.05) is 13.8 Å². The second-order valence-corrected chi connectivity index (χ2v) is 13.4. The second-order valence-electron chi connectivity index (χ2n) is 6.50. The summed E-state index contributed by atoms with van der Waals surface area (Å²) in [4.78, 5) is 11.6. The molecule has 0 heterocycles. The van der Waals surface area contributed by atoms with Crippen molar-refractivity contribution < 1.29 is 17.6 Å². The Kier molecular flexibility index (Phi) is 6.84. The maximum absolute atomic E-state index is 11.6. The van der Waals surface area contributed by atoms with Crippen LogP contribution in [0, 0.1) is 5.92 Å². The van der Waals surface area contributed by atoms with Gasteiger partial charge in [-0.3, -0.25) is 4.79 Å². The molecule has 0 rings (SSSR count). The van der Waals surface area contributed by atoms with E-state index in [1.54, 1.807) is 19.9 Å². The van der Waals surface area contributed by atoms with Crippen LogP contribution in [0.5, 0.6) is 0 Å². The summed E-state index contributed by atoms with van der Waals surface area (Å²) in [6, 6.07) is 0. The van der Waals surface area contributed by atoms with Crippen LogP contribution >= 0.6 is 0 Å². The van der Waals surface area contributed by atoms with E-state index in [4.69, 9.17) is 4.43 Å². The van der Waals surface area contributed by atoms with Crippen LogP contribution in [0.15, 0.2) is 11.6 Å². The molecule has 0 aromatic rings. The third kappa shape index (κ3) is 6.81. The topological polar surface area (TPSA) is 60.4 Å². The van der Waals surface area contributed by atoms with E-state index in [-0.39, 0.29) is 17.8 Å². The Labute approximate surface area is 124 Å². The summed E-state index contributed by atoms with van der Waals surface area (Å²) in [6.45, 7) is 13.0. The van der Waals surface area contributed by atoms with Gasteiger partial charge in [0.1, 0.15) is 5.78 Å². The second kappa shape index (κ2) is 7.00. The molecule has 0 fully saturated rings. The van der Waals surface area contributed by atoms with Gasteiger partial charge in [-0.15, -0.1) is 0 Å². The zero-order valence-electron chi connectivity index (χ0n) is 13.9. The summed E-state index contributed by atoms with van der Waals surface area (Å²) in [5.74, 6) is -0.224. The Morgan fingerprint density at radius 3 is 1.90 bits per heavy atom. The van der Waals surface area contributed by atoms with Gasteiger partial charge in [0.05, 0.1) is 11.4 Å². The summed E-state index contributed by atoms with van der Waals surface area (Å²) in [6.07, 6.45) is 2.56. The third-order valence-electron chi connectivity index (χ3n) is 3.20. The minimum Gasteiger partial charge on any atom is -0.410 e. The van der Waals surface area contributed by atoms with Crippen LogP contribution < -0.4 is 0 Å². The van der Waals surface area contributed by atoms with Crippen molar-refractivity contribution in [1.82, 2.24) is 0 Å². The first-order valence-electron chi connectivity index (χ1n) is 6.81. The van der Waals surface area contributed by atoms with Gasteiger partial charge in [0.2, 0.25) is 0 Å². The van der Waals surface area contributed by atoms with E-state index < -0.39 is 23.4 Å². The van der Waals surface area contributed by atoms with Gasteiger partial charge >= 0.3 is 0 Å². The van der Waals surface area contributed by atoms with Gasteiger partial charge in [-0.25, -0.2) is 8.42 Å². The van der Waals surface area contributed by atoms with E-state index in [1.165, 1.54) is 6.26 Å². The highest BCUT2D eigenvalue weighted by molar-refractivity contribution is 7.91. The highest BCUT2D eigenvalue weighted by Gasteiger charge is 2.29. The van der Waals surface area contributed by atoms with E-state index in [9.17, 15) is 13.2 Å². The van der Waals surface area contributed by atoms with Crippen LogP contribution in [0.4, 0.5) is 0 Å². The van der Waals surface area contributed by atoms with Crippen LogP contribution in [0.1, 0.15) is 27.7 Å². The summed E-state index contributed by atoms with van der Waals surface area (Å²) in [5, 5.41) is -0.575. The van der Waals surface area contributed by atoms with Crippen molar-refractivity contribution in [3.05, 3.63) is 11.6 Å². The lowest BCUT2D eigenvalue weighted by Gasteiger charge is -2.31. The molecule has 0 saturated carbocycles. The predicted octanol–water partition coefficient (Wildman–Crippen LogP) is 2.81. The summed E-state index contributed by atoms with van der Waals surface area (Å²) < 4.78 is 29.2. The van der Waals surface area contributed by atoms with Crippen molar-refractivity contribution >= 4 is 23.9 Å². The Bertz CT molecular complexity index is 474. The summed E-state index contributed by atoms with van der Waals surface area (Å²) in [7, 11) is -4.96. The van der Waals surface area contributed by atoms with Crippen molar-refractivity contribution in [2.75, 3.05) is 6.26 Å². The predicted molar refractivity (Wildman–Crippen MR) is 86.1 cm³/mol. The molecule has 0 aromatic carbocycles. The Morgan fingerprint density at radius 1 is 1.15 bits per heavy atom. The van der Waals surface area contributed by atoms with Crippen molar-refractivity contribution in [2.24, 2.45) is 5.92 Å². The number of Topliss-reactive ketones (excluding diaryl/α,β-unsaturated/α-hetero) is 1. The SMILES string of the molecule is CC(=O)[C@@H](C)[C@@H](O[Si](C)(C)C)/C(C)=C\[C@H](C)S(C)(=O)=O. The van der Waals surface area contributed by atoms with Crippen LogP contribution in [-0.4, -0.2) is 40.1 Å². The van der Waals surface area contributed by atoms with Crippen molar-refractivity contribution in [1.29, 1.82) is 0 Å². The van der Waals surface area contributed by atoms with E-state index >= 15 is 0 Å². The zero-order valence-corrected chi connectivity index (χ0v) is 15.7. The maximum Gasteiger partial charge on any atom is 0.184 e. The van der Waals surface area contributed by atoms with Crippen LogP contribution in [0.2, 0.25) is 19.6 Å². The quantitative estimate of drug-likeness (QED) is 0.534. The molecule has 20 heavy (non-hydrogen) atoms. The molecular formula is C14H28O4SSi. The third-order valence-corrected chi connectivity index (χ3v) is 5.65. The number of hydrogen-bond acceptors (Lipinski definition) is 4. The first kappa shape index (κ1) is 19.5. The summed E-state index contributed by atoms with van der Waals surface area (Å²) in [5.41, 5.74) is 0.813. The highest BCUT2D eigenvalue weighted by atomic mass is 32.2. The fourth-order valence-corrected chi connectivity index (χ4v) is 3.39. The standard InChI is InChI=1S/C14H28O4SSi/c1-10(9-11(2)19(5,16)17)14(12(3)13(4)15)18-20(6,7)8/h9,11-12,14H,1-8H3/b10-9-/t11-,12+,14-/m0/s1. The largest absolute Gasteiger partial charge is 0.410 e. The van der Waals surface area contributed by atoms with E-state index in [0.29, 0.717) is 0 Å². The molecular weight excluding hydrogens is 292 g/mol. The fraction of sp³-hybridized carbons (Fsp3) is 0.786. The molecule has 0 unspecified atom stereocenters. The Morgan fingerprint density at radius 2 is 1.60 bits per heavy atom. The maximum atomic E-state index is 11.6. The monoisotopic (exact) mass is 320 g/mol. The lowest BCUT2D eigenvalue weighted by Crippen LogP contribution is -2.38. The molecule has 0 aliphatic carbocycles. The minimum atomic E-state index is -3.13. The average Bonchev–Trinajstić information content (AvgIpc) is 2.21. The molecule has 0 spiro atoms. The van der Waals surface area contributed by atoms with Crippen LogP contribution in [0.3, 0.4) is 0 Å². The van der Waals surface area contributed by atoms with Crippen molar-refractivity contribution in [3.63, 3.8) is 0 Å². The van der Waals surface area contributed by atoms with Gasteiger partial charge in [-0.2, -0.15) is 0 Å². The average molecular weight is 321 g/mol. The van der Waals surface area contributed by atoms with Gasteiger partial charge in [0.25, 0.3) is 0 Å². The number of rotatable bonds is 7. The number of sulfone groups is 1. The first-order chi connectivity index (χ1) is 8.75. The number of carbonyl (C=O) groups is 1. The Balaban J connectivity index is 5.42. The zero-order chi connectivity index (χ0) is 16.3. The molecule has 118 valence electrons. The van der Waals surface area contributed by atoms with Gasteiger partial charge in [0, 0.05) is 12.2 Å². The molecule has 0 N–H and O–H groups in total. The van der Waals surface area contributed by atoms with Gasteiger partial charge in [-0.05, 0) is 46.0 Å². The molecule has 0 aliphatic rings. The van der Waals surface area contributed by atoms with Gasteiger partial charge < -0.3 is 4.43 Å². The smallest absolute Gasteiger partial charge is 0.184 e. The highest BCUT2D eigenvalue weighted by Crippen LogP contribution is 2.23. The lowest BCUT2D eigenvalue weighted by atomic mass is 9.94. The molecule has 6 heteroatoms. The van der Waals surface area contributed by atoms with Gasteiger partial charge in [-0.1, -0.05) is 13.0 Å². The number of hydrogen-bond donors (Lipinski definition) is 0. The van der Waals surface area contributed by atoms with E-state index in [2.05, 4.69) is 19.6 Å². The first-order valence-corrected chi connectivity index (χ1v) is 12.2. The number of ketones is 1. The Hall–Kier alpha value is -0.463. The fourth-order valence-electron chi connectivity index (χ4n) is 1.77. The van der Waals surface area contributed by atoms with Crippen molar-refractivity contribution in [3.8, 4) is 0 Å². The molecule has 0 amide bonds. The lowest BCUT2D eigenvalue weighted by molar-refractivity contribution is -0.122.